The summed E-state index contributed by atoms with van der Waals surface area (Å²) in [5.74, 6) is 0. The Labute approximate surface area is 72.6 Å². The molecule has 1 N–H and O–H groups in total. The highest BCUT2D eigenvalue weighted by Crippen LogP contribution is 2.00. The number of nitrogens with one attached hydrogen (secondary N) is 1. The fraction of sp³-hybridized carbons (Fsp3) is 1.00. The standard InChI is InChI=1S/C9H21N.CH4/c1-3-5-6-7-8-9-10-4-2;/h10H,3-9H2,1-2H3;1H4. The monoisotopic (exact) mass is 159 g/mol. The average Bonchev–Trinajstić information content (AvgIpc) is 1.97. The Morgan fingerprint density at radius 1 is 0.909 bits per heavy atom. The van der Waals surface area contributed by atoms with E-state index in [0.29, 0.717) is 0 Å². The highest BCUT2D eigenvalue weighted by molar-refractivity contribution is 4.45. The van der Waals surface area contributed by atoms with E-state index in [1.807, 2.05) is 0 Å². The lowest BCUT2D eigenvalue weighted by Crippen LogP contribution is -2.13. The normalized spacial score (nSPS) is 9.27. The molecule has 11 heavy (non-hydrogen) atoms. The molecule has 0 rings (SSSR count). The third kappa shape index (κ3) is 13.0. The van der Waals surface area contributed by atoms with Gasteiger partial charge in [-0.05, 0) is 19.5 Å². The van der Waals surface area contributed by atoms with Crippen LogP contribution in [0.25, 0.3) is 0 Å². The maximum absolute atomic E-state index is 3.33. The van der Waals surface area contributed by atoms with Gasteiger partial charge in [0.05, 0.1) is 0 Å². The Balaban J connectivity index is 0. The molecule has 0 radical (unpaired) electrons. The predicted molar refractivity (Wildman–Crippen MR) is 54.0 cm³/mol. The molecule has 0 unspecified atom stereocenters. The lowest BCUT2D eigenvalue weighted by Gasteiger charge is -1.99. The Morgan fingerprint density at radius 3 is 2.09 bits per heavy atom. The van der Waals surface area contributed by atoms with Crippen molar-refractivity contribution in [2.45, 2.75) is 53.4 Å². The van der Waals surface area contributed by atoms with Crippen LogP contribution < -0.4 is 5.32 Å². The fourth-order valence-electron chi connectivity index (χ4n) is 1.03. The fourth-order valence-corrected chi connectivity index (χ4v) is 1.03. The van der Waals surface area contributed by atoms with Crippen LogP contribution in [0.5, 0.6) is 0 Å². The van der Waals surface area contributed by atoms with Gasteiger partial charge < -0.3 is 5.32 Å². The van der Waals surface area contributed by atoms with Crippen molar-refractivity contribution in [3.8, 4) is 0 Å². The van der Waals surface area contributed by atoms with E-state index in [1.165, 1.54) is 38.6 Å². The van der Waals surface area contributed by atoms with Gasteiger partial charge in [-0.25, -0.2) is 0 Å². The first-order valence-corrected chi connectivity index (χ1v) is 4.62. The van der Waals surface area contributed by atoms with Crippen molar-refractivity contribution in [1.82, 2.24) is 5.32 Å². The van der Waals surface area contributed by atoms with E-state index >= 15 is 0 Å². The minimum atomic E-state index is 0. The molecule has 0 aromatic carbocycles. The summed E-state index contributed by atoms with van der Waals surface area (Å²) in [5, 5.41) is 3.33. The average molecular weight is 159 g/mol. The van der Waals surface area contributed by atoms with Gasteiger partial charge in [-0.3, -0.25) is 0 Å². The van der Waals surface area contributed by atoms with Crippen LogP contribution in [-0.2, 0) is 0 Å². The van der Waals surface area contributed by atoms with Crippen LogP contribution in [0.2, 0.25) is 0 Å². The van der Waals surface area contributed by atoms with Crippen molar-refractivity contribution in [3.63, 3.8) is 0 Å². The third-order valence-corrected chi connectivity index (χ3v) is 1.71. The SMILES string of the molecule is C.CCCCCCCNCC. The van der Waals surface area contributed by atoms with E-state index in [2.05, 4.69) is 19.2 Å². The first kappa shape index (κ1) is 13.5. The molecule has 0 bridgehead atoms. The maximum Gasteiger partial charge on any atom is -0.00490 e. The minimum absolute atomic E-state index is 0. The van der Waals surface area contributed by atoms with Gasteiger partial charge in [-0.15, -0.1) is 0 Å². The number of rotatable bonds is 7. The molecule has 0 aliphatic heterocycles. The summed E-state index contributed by atoms with van der Waals surface area (Å²) in [7, 11) is 0. The number of unbranched alkanes of at least 4 members (excludes halogenated alkanes) is 4. The zero-order valence-corrected chi connectivity index (χ0v) is 7.45. The van der Waals surface area contributed by atoms with Crippen LogP contribution in [0.3, 0.4) is 0 Å². The van der Waals surface area contributed by atoms with Crippen LogP contribution in [0.4, 0.5) is 0 Å². The summed E-state index contributed by atoms with van der Waals surface area (Å²) in [6, 6.07) is 0. The summed E-state index contributed by atoms with van der Waals surface area (Å²) in [5.41, 5.74) is 0. The molecule has 1 heteroatoms. The molecule has 1 nitrogen and oxygen atoms in total. The Kier molecular flexibility index (Phi) is 15.5. The van der Waals surface area contributed by atoms with Gasteiger partial charge in [0.25, 0.3) is 0 Å². The van der Waals surface area contributed by atoms with E-state index in [9.17, 15) is 0 Å². The van der Waals surface area contributed by atoms with Gasteiger partial charge >= 0.3 is 0 Å². The van der Waals surface area contributed by atoms with E-state index in [-0.39, 0.29) is 7.43 Å². The lowest BCUT2D eigenvalue weighted by molar-refractivity contribution is 0.593. The molecule has 0 saturated heterocycles. The quantitative estimate of drug-likeness (QED) is 0.562. The second-order valence-corrected chi connectivity index (χ2v) is 2.77. The van der Waals surface area contributed by atoms with Gasteiger partial charge in [0.2, 0.25) is 0 Å². The van der Waals surface area contributed by atoms with Crippen molar-refractivity contribution >= 4 is 0 Å². The lowest BCUT2D eigenvalue weighted by atomic mass is 10.1. The highest BCUT2D eigenvalue weighted by atomic mass is 14.8. The van der Waals surface area contributed by atoms with Crippen LogP contribution in [0, 0.1) is 0 Å². The summed E-state index contributed by atoms with van der Waals surface area (Å²) in [6.45, 7) is 6.74. The zero-order valence-electron chi connectivity index (χ0n) is 7.45. The van der Waals surface area contributed by atoms with Gasteiger partial charge in [-0.2, -0.15) is 0 Å². The van der Waals surface area contributed by atoms with Crippen LogP contribution in [0.1, 0.15) is 53.4 Å². The third-order valence-electron chi connectivity index (χ3n) is 1.71. The first-order chi connectivity index (χ1) is 4.91. The van der Waals surface area contributed by atoms with E-state index in [1.54, 1.807) is 0 Å². The zero-order chi connectivity index (χ0) is 7.66. The topological polar surface area (TPSA) is 12.0 Å². The Morgan fingerprint density at radius 2 is 1.55 bits per heavy atom. The highest BCUT2D eigenvalue weighted by Gasteiger charge is 1.86. The van der Waals surface area contributed by atoms with Crippen molar-refractivity contribution in [2.24, 2.45) is 0 Å². The number of hydrogen-bond acceptors (Lipinski definition) is 1. The van der Waals surface area contributed by atoms with E-state index in [4.69, 9.17) is 0 Å². The second-order valence-electron chi connectivity index (χ2n) is 2.77. The number of hydrogen-bond donors (Lipinski definition) is 1. The summed E-state index contributed by atoms with van der Waals surface area (Å²) >= 11 is 0. The molecule has 70 valence electrons. The molecule has 0 atom stereocenters. The summed E-state index contributed by atoms with van der Waals surface area (Å²) in [6.07, 6.45) is 6.93. The summed E-state index contributed by atoms with van der Waals surface area (Å²) < 4.78 is 0. The predicted octanol–water partition coefficient (Wildman–Crippen LogP) is 3.20. The largest absolute Gasteiger partial charge is 0.317 e. The van der Waals surface area contributed by atoms with Crippen molar-refractivity contribution in [1.29, 1.82) is 0 Å². The molecule has 0 heterocycles. The van der Waals surface area contributed by atoms with Crippen LogP contribution in [-0.4, -0.2) is 13.1 Å². The van der Waals surface area contributed by atoms with Gasteiger partial charge in [0.1, 0.15) is 0 Å². The molecule has 0 saturated carbocycles. The van der Waals surface area contributed by atoms with Crippen LogP contribution in [0.15, 0.2) is 0 Å². The Hall–Kier alpha value is -0.0400. The van der Waals surface area contributed by atoms with Gasteiger partial charge in [0.15, 0.2) is 0 Å². The molecule has 0 aromatic rings. The molecule has 0 spiro atoms. The van der Waals surface area contributed by atoms with Gasteiger partial charge in [0, 0.05) is 0 Å². The molecule has 0 amide bonds. The molecular weight excluding hydrogens is 134 g/mol. The second kappa shape index (κ2) is 12.6. The molecule has 0 aromatic heterocycles. The molecular formula is C10H25N. The van der Waals surface area contributed by atoms with Gasteiger partial charge in [-0.1, -0.05) is 47.0 Å². The van der Waals surface area contributed by atoms with E-state index < -0.39 is 0 Å². The first-order valence-electron chi connectivity index (χ1n) is 4.62. The minimum Gasteiger partial charge on any atom is -0.317 e. The van der Waals surface area contributed by atoms with Crippen LogP contribution >= 0.6 is 0 Å². The van der Waals surface area contributed by atoms with Crippen molar-refractivity contribution in [2.75, 3.05) is 13.1 Å². The smallest absolute Gasteiger partial charge is 0.00490 e. The Bertz CT molecular complexity index is 44.8. The molecule has 0 aliphatic carbocycles. The van der Waals surface area contributed by atoms with Crippen molar-refractivity contribution in [3.05, 3.63) is 0 Å². The molecule has 0 fully saturated rings. The maximum atomic E-state index is 3.33. The van der Waals surface area contributed by atoms with Crippen molar-refractivity contribution < 1.29 is 0 Å². The van der Waals surface area contributed by atoms with E-state index in [0.717, 1.165) is 6.54 Å². The molecule has 0 aliphatic rings. The summed E-state index contributed by atoms with van der Waals surface area (Å²) in [4.78, 5) is 0.